The van der Waals surface area contributed by atoms with Crippen LogP contribution >= 0.6 is 12.4 Å². The highest BCUT2D eigenvalue weighted by Gasteiger charge is 2.22. The highest BCUT2D eigenvalue weighted by atomic mass is 35.5. The van der Waals surface area contributed by atoms with Crippen molar-refractivity contribution >= 4 is 18.3 Å². The number of benzene rings is 1. The maximum absolute atomic E-state index is 13.5. The van der Waals surface area contributed by atoms with Gasteiger partial charge < -0.3 is 15.4 Å². The minimum absolute atomic E-state index is 0. The number of piperidine rings is 1. The van der Waals surface area contributed by atoms with E-state index in [9.17, 15) is 9.18 Å². The quantitative estimate of drug-likeness (QED) is 0.787. The van der Waals surface area contributed by atoms with Crippen LogP contribution in [-0.2, 0) is 4.79 Å². The standard InChI is InChI=1S/C18H27FN2O2.ClH/c1-13(15-6-5-9-20-12-15)10-18(22)21-11-14(2)23-17-8-4-3-7-16(17)19;/h3-4,7-8,13-15,20H,5-6,9-12H2,1-2H3,(H,21,22);1H. The first kappa shape index (κ1) is 20.7. The number of para-hydroxylation sites is 1. The van der Waals surface area contributed by atoms with Crippen molar-refractivity contribution < 1.29 is 13.9 Å². The van der Waals surface area contributed by atoms with Crippen LogP contribution in [0.15, 0.2) is 24.3 Å². The fourth-order valence-corrected chi connectivity index (χ4v) is 2.95. The van der Waals surface area contributed by atoms with E-state index >= 15 is 0 Å². The summed E-state index contributed by atoms with van der Waals surface area (Å²) in [5.41, 5.74) is 0. The lowest BCUT2D eigenvalue weighted by atomic mass is 9.85. The average molecular weight is 359 g/mol. The Kier molecular flexibility index (Phi) is 9.08. The minimum atomic E-state index is -0.385. The third-order valence-electron chi connectivity index (χ3n) is 4.40. The first-order valence-corrected chi connectivity index (χ1v) is 8.45. The van der Waals surface area contributed by atoms with Crippen molar-refractivity contribution in [2.75, 3.05) is 19.6 Å². The zero-order valence-electron chi connectivity index (χ0n) is 14.4. The molecule has 0 radical (unpaired) electrons. The summed E-state index contributed by atoms with van der Waals surface area (Å²) < 4.78 is 19.0. The number of halogens is 2. The molecule has 0 aromatic heterocycles. The molecule has 1 fully saturated rings. The van der Waals surface area contributed by atoms with Crippen molar-refractivity contribution in [3.8, 4) is 5.75 Å². The van der Waals surface area contributed by atoms with Crippen LogP contribution in [0.4, 0.5) is 4.39 Å². The summed E-state index contributed by atoms with van der Waals surface area (Å²) in [6.45, 7) is 6.42. The smallest absolute Gasteiger partial charge is 0.220 e. The van der Waals surface area contributed by atoms with Crippen LogP contribution in [0.5, 0.6) is 5.75 Å². The highest BCUT2D eigenvalue weighted by molar-refractivity contribution is 5.85. The van der Waals surface area contributed by atoms with Gasteiger partial charge in [-0.3, -0.25) is 4.79 Å². The van der Waals surface area contributed by atoms with Gasteiger partial charge >= 0.3 is 0 Å². The van der Waals surface area contributed by atoms with Gasteiger partial charge in [-0.1, -0.05) is 19.1 Å². The Hall–Kier alpha value is -1.33. The Balaban J connectivity index is 0.00000288. The van der Waals surface area contributed by atoms with Gasteiger partial charge in [0, 0.05) is 6.42 Å². The Morgan fingerprint density at radius 1 is 1.42 bits per heavy atom. The molecule has 0 spiro atoms. The summed E-state index contributed by atoms with van der Waals surface area (Å²) in [6.07, 6.45) is 2.62. The van der Waals surface area contributed by atoms with Gasteiger partial charge in [0.15, 0.2) is 11.6 Å². The van der Waals surface area contributed by atoms with Crippen molar-refractivity contribution in [2.24, 2.45) is 11.8 Å². The number of hydrogen-bond acceptors (Lipinski definition) is 3. The second-order valence-electron chi connectivity index (χ2n) is 6.45. The summed E-state index contributed by atoms with van der Waals surface area (Å²) in [7, 11) is 0. The Morgan fingerprint density at radius 3 is 2.83 bits per heavy atom. The van der Waals surface area contributed by atoms with Crippen molar-refractivity contribution in [1.29, 1.82) is 0 Å². The first-order chi connectivity index (χ1) is 11.1. The van der Waals surface area contributed by atoms with E-state index in [0.29, 0.717) is 24.8 Å². The summed E-state index contributed by atoms with van der Waals surface area (Å²) in [5.74, 6) is 0.805. The number of ether oxygens (including phenoxy) is 1. The minimum Gasteiger partial charge on any atom is -0.486 e. The molecule has 0 saturated carbocycles. The molecule has 1 aromatic rings. The van der Waals surface area contributed by atoms with Crippen molar-refractivity contribution in [3.05, 3.63) is 30.1 Å². The number of amides is 1. The molecular formula is C18H28ClFN2O2. The molecule has 0 bridgehead atoms. The van der Waals surface area contributed by atoms with Crippen molar-refractivity contribution in [2.45, 2.75) is 39.2 Å². The fourth-order valence-electron chi connectivity index (χ4n) is 2.95. The van der Waals surface area contributed by atoms with Crippen LogP contribution in [0.2, 0.25) is 0 Å². The molecule has 1 aromatic carbocycles. The zero-order chi connectivity index (χ0) is 16.7. The predicted octanol–water partition coefficient (Wildman–Crippen LogP) is 3.16. The molecule has 0 aliphatic carbocycles. The lowest BCUT2D eigenvalue weighted by Crippen LogP contribution is -2.37. The lowest BCUT2D eigenvalue weighted by molar-refractivity contribution is -0.122. The summed E-state index contributed by atoms with van der Waals surface area (Å²) in [6, 6.07) is 6.30. The van der Waals surface area contributed by atoms with Crippen LogP contribution in [0.25, 0.3) is 0 Å². The van der Waals surface area contributed by atoms with E-state index < -0.39 is 0 Å². The maximum atomic E-state index is 13.5. The van der Waals surface area contributed by atoms with Crippen molar-refractivity contribution in [1.82, 2.24) is 10.6 Å². The number of rotatable bonds is 7. The van der Waals surface area contributed by atoms with Gasteiger partial charge in [0.25, 0.3) is 0 Å². The molecule has 1 aliphatic rings. The van der Waals surface area contributed by atoms with E-state index in [1.807, 2.05) is 6.92 Å². The third kappa shape index (κ3) is 6.65. The van der Waals surface area contributed by atoms with Gasteiger partial charge in [-0.15, -0.1) is 12.4 Å². The van der Waals surface area contributed by atoms with E-state index in [2.05, 4.69) is 17.6 Å². The van der Waals surface area contributed by atoms with Gasteiger partial charge in [-0.25, -0.2) is 4.39 Å². The van der Waals surface area contributed by atoms with Crippen LogP contribution < -0.4 is 15.4 Å². The lowest BCUT2D eigenvalue weighted by Gasteiger charge is -2.28. The molecule has 1 saturated heterocycles. The Labute approximate surface area is 149 Å². The van der Waals surface area contributed by atoms with Gasteiger partial charge in [0.1, 0.15) is 6.10 Å². The van der Waals surface area contributed by atoms with E-state index in [1.54, 1.807) is 18.2 Å². The average Bonchev–Trinajstić information content (AvgIpc) is 2.56. The molecular weight excluding hydrogens is 331 g/mol. The van der Waals surface area contributed by atoms with Gasteiger partial charge in [-0.2, -0.15) is 0 Å². The summed E-state index contributed by atoms with van der Waals surface area (Å²) in [4.78, 5) is 12.1. The topological polar surface area (TPSA) is 50.4 Å². The molecule has 3 unspecified atom stereocenters. The van der Waals surface area contributed by atoms with E-state index in [4.69, 9.17) is 4.74 Å². The molecule has 3 atom stereocenters. The molecule has 6 heteroatoms. The number of nitrogens with one attached hydrogen (secondary N) is 2. The number of hydrogen-bond donors (Lipinski definition) is 2. The summed E-state index contributed by atoms with van der Waals surface area (Å²) >= 11 is 0. The van der Waals surface area contributed by atoms with Crippen LogP contribution in [0, 0.1) is 17.7 Å². The van der Waals surface area contributed by atoms with Crippen molar-refractivity contribution in [3.63, 3.8) is 0 Å². The van der Waals surface area contributed by atoms with Gasteiger partial charge in [0.05, 0.1) is 6.54 Å². The monoisotopic (exact) mass is 358 g/mol. The fraction of sp³-hybridized carbons (Fsp3) is 0.611. The van der Waals surface area contributed by atoms with E-state index in [0.717, 1.165) is 13.1 Å². The molecule has 1 aliphatic heterocycles. The van der Waals surface area contributed by atoms with Gasteiger partial charge in [-0.05, 0) is 56.8 Å². The molecule has 24 heavy (non-hydrogen) atoms. The van der Waals surface area contributed by atoms with E-state index in [-0.39, 0.29) is 36.0 Å². The second kappa shape index (κ2) is 10.5. The molecule has 1 amide bonds. The molecule has 4 nitrogen and oxygen atoms in total. The molecule has 2 rings (SSSR count). The SMILES string of the molecule is CC(CNC(=O)CC(C)C1CCCNC1)Oc1ccccc1F.Cl. The maximum Gasteiger partial charge on any atom is 0.220 e. The Bertz CT molecular complexity index is 510. The number of carbonyl (C=O) groups excluding carboxylic acids is 1. The first-order valence-electron chi connectivity index (χ1n) is 8.45. The molecule has 1 heterocycles. The molecule has 2 N–H and O–H groups in total. The number of carbonyl (C=O) groups is 1. The van der Waals surface area contributed by atoms with Gasteiger partial charge in [0.2, 0.25) is 5.91 Å². The van der Waals surface area contributed by atoms with E-state index in [1.165, 1.54) is 18.9 Å². The molecule has 136 valence electrons. The zero-order valence-corrected chi connectivity index (χ0v) is 15.2. The third-order valence-corrected chi connectivity index (χ3v) is 4.40. The normalized spacial score (nSPS) is 19.7. The highest BCUT2D eigenvalue weighted by Crippen LogP contribution is 2.22. The largest absolute Gasteiger partial charge is 0.486 e. The Morgan fingerprint density at radius 2 is 2.17 bits per heavy atom. The second-order valence-corrected chi connectivity index (χ2v) is 6.45. The van der Waals surface area contributed by atoms with Crippen LogP contribution in [-0.4, -0.2) is 31.6 Å². The predicted molar refractivity (Wildman–Crippen MR) is 96.1 cm³/mol. The van der Waals surface area contributed by atoms with Crippen LogP contribution in [0.3, 0.4) is 0 Å². The van der Waals surface area contributed by atoms with Crippen LogP contribution in [0.1, 0.15) is 33.1 Å². The summed E-state index contributed by atoms with van der Waals surface area (Å²) in [5, 5.41) is 6.27.